The van der Waals surface area contributed by atoms with E-state index in [0.29, 0.717) is 0 Å². The average molecular weight is 266 g/mol. The summed E-state index contributed by atoms with van der Waals surface area (Å²) in [4.78, 5) is 5.71. The van der Waals surface area contributed by atoms with Crippen LogP contribution in [0.2, 0.25) is 0 Å². The van der Waals surface area contributed by atoms with Crippen LogP contribution < -0.4 is 0 Å². The van der Waals surface area contributed by atoms with Crippen molar-refractivity contribution in [1.82, 2.24) is 9.88 Å². The molecule has 0 amide bonds. The third-order valence-electron chi connectivity index (χ3n) is 3.12. The van der Waals surface area contributed by atoms with Crippen molar-refractivity contribution in [3.8, 4) is 0 Å². The van der Waals surface area contributed by atoms with Crippen molar-refractivity contribution in [2.75, 3.05) is 20.4 Å². The number of aliphatic hydroxyl groups is 2. The molecule has 0 saturated heterocycles. The Bertz CT molecular complexity index is 549. The maximum absolute atomic E-state index is 9.91. The molecule has 0 saturated carbocycles. The minimum Gasteiger partial charge on any atom is -0.361 e. The standard InChI is InChI=1S/C13H18N2O2S/c1-15(2)13(16,17)7-9-8-14-12-5-4-10(18-3)6-11(9)12/h4-6,8,14,16-17H,7H2,1-3H3. The quantitative estimate of drug-likeness (QED) is 0.581. The molecule has 1 aromatic carbocycles. The molecule has 18 heavy (non-hydrogen) atoms. The van der Waals surface area contributed by atoms with Gasteiger partial charge in [-0.15, -0.1) is 11.8 Å². The number of nitrogens with zero attached hydrogens (tertiary/aromatic N) is 1. The van der Waals surface area contributed by atoms with E-state index < -0.39 is 5.91 Å². The Morgan fingerprint density at radius 1 is 1.33 bits per heavy atom. The fraction of sp³-hybridized carbons (Fsp3) is 0.385. The maximum Gasteiger partial charge on any atom is 0.228 e. The second-order valence-electron chi connectivity index (χ2n) is 4.57. The number of fused-ring (bicyclic) bond motifs is 1. The van der Waals surface area contributed by atoms with Crippen LogP contribution in [0.15, 0.2) is 29.3 Å². The predicted octanol–water partition coefficient (Wildman–Crippen LogP) is 1.63. The van der Waals surface area contributed by atoms with Crippen molar-refractivity contribution in [1.29, 1.82) is 0 Å². The van der Waals surface area contributed by atoms with Crippen molar-refractivity contribution in [2.45, 2.75) is 17.2 Å². The number of benzene rings is 1. The van der Waals surface area contributed by atoms with Crippen molar-refractivity contribution >= 4 is 22.7 Å². The van der Waals surface area contributed by atoms with Gasteiger partial charge in [0.2, 0.25) is 5.91 Å². The molecular formula is C13H18N2O2S. The van der Waals surface area contributed by atoms with E-state index in [0.717, 1.165) is 21.4 Å². The minimum absolute atomic E-state index is 0.165. The van der Waals surface area contributed by atoms with Crippen LogP contribution >= 0.6 is 11.8 Å². The van der Waals surface area contributed by atoms with E-state index in [9.17, 15) is 10.2 Å². The zero-order valence-electron chi connectivity index (χ0n) is 10.8. The van der Waals surface area contributed by atoms with Gasteiger partial charge in [-0.1, -0.05) is 0 Å². The van der Waals surface area contributed by atoms with Crippen LogP contribution in [0.5, 0.6) is 0 Å². The summed E-state index contributed by atoms with van der Waals surface area (Å²) in [7, 11) is 3.28. The molecule has 0 radical (unpaired) electrons. The van der Waals surface area contributed by atoms with Gasteiger partial charge in [0, 0.05) is 28.4 Å². The molecule has 0 spiro atoms. The van der Waals surface area contributed by atoms with Crippen LogP contribution in [-0.2, 0) is 6.42 Å². The largest absolute Gasteiger partial charge is 0.361 e. The summed E-state index contributed by atoms with van der Waals surface area (Å²) in [5.41, 5.74) is 1.91. The summed E-state index contributed by atoms with van der Waals surface area (Å²) in [5.74, 6) is -1.83. The second-order valence-corrected chi connectivity index (χ2v) is 5.45. The molecule has 0 aliphatic carbocycles. The molecule has 0 bridgehead atoms. The number of likely N-dealkylation sites (N-methyl/N-ethyl adjacent to an activating group) is 1. The molecule has 1 aromatic heterocycles. The topological polar surface area (TPSA) is 59.5 Å². The first-order chi connectivity index (χ1) is 8.44. The lowest BCUT2D eigenvalue weighted by molar-refractivity contribution is -0.247. The van der Waals surface area contributed by atoms with Gasteiger partial charge in [0.25, 0.3) is 0 Å². The third kappa shape index (κ3) is 2.54. The van der Waals surface area contributed by atoms with Gasteiger partial charge in [-0.05, 0) is 44.1 Å². The highest BCUT2D eigenvalue weighted by atomic mass is 32.2. The van der Waals surface area contributed by atoms with E-state index in [2.05, 4.69) is 11.1 Å². The van der Waals surface area contributed by atoms with Crippen molar-refractivity contribution in [3.63, 3.8) is 0 Å². The van der Waals surface area contributed by atoms with Crippen molar-refractivity contribution in [3.05, 3.63) is 30.0 Å². The number of hydrogen-bond donors (Lipinski definition) is 3. The van der Waals surface area contributed by atoms with Gasteiger partial charge in [-0.25, -0.2) is 0 Å². The zero-order chi connectivity index (χ0) is 13.3. The van der Waals surface area contributed by atoms with Crippen LogP contribution in [0.4, 0.5) is 0 Å². The highest BCUT2D eigenvalue weighted by Gasteiger charge is 2.27. The van der Waals surface area contributed by atoms with Crippen LogP contribution in [0.25, 0.3) is 10.9 Å². The first-order valence-electron chi connectivity index (χ1n) is 5.70. The Morgan fingerprint density at radius 2 is 2.06 bits per heavy atom. The van der Waals surface area contributed by atoms with E-state index in [4.69, 9.17) is 0 Å². The fourth-order valence-electron chi connectivity index (χ4n) is 1.84. The molecule has 0 unspecified atom stereocenters. The summed E-state index contributed by atoms with van der Waals surface area (Å²) < 4.78 is 0. The van der Waals surface area contributed by atoms with E-state index in [1.165, 1.54) is 4.90 Å². The molecule has 1 heterocycles. The minimum atomic E-state index is -1.83. The Morgan fingerprint density at radius 3 is 2.67 bits per heavy atom. The van der Waals surface area contributed by atoms with Gasteiger partial charge in [0.1, 0.15) is 0 Å². The number of H-pyrrole nitrogens is 1. The van der Waals surface area contributed by atoms with E-state index >= 15 is 0 Å². The molecule has 5 heteroatoms. The molecule has 0 fully saturated rings. The predicted molar refractivity (Wildman–Crippen MR) is 74.6 cm³/mol. The second kappa shape index (κ2) is 4.93. The molecule has 0 atom stereocenters. The summed E-state index contributed by atoms with van der Waals surface area (Å²) in [5, 5.41) is 20.9. The Kier molecular flexibility index (Phi) is 3.68. The summed E-state index contributed by atoms with van der Waals surface area (Å²) >= 11 is 1.67. The summed E-state index contributed by atoms with van der Waals surface area (Å²) in [6.07, 6.45) is 4.02. The Hall–Kier alpha value is -1.01. The SMILES string of the molecule is CSc1ccc2[nH]cc(CC(O)(O)N(C)C)c2c1. The molecule has 0 aliphatic heterocycles. The molecule has 2 aromatic rings. The van der Waals surface area contributed by atoms with Gasteiger partial charge in [0.15, 0.2) is 0 Å². The first kappa shape index (κ1) is 13.4. The van der Waals surface area contributed by atoms with E-state index in [1.807, 2.05) is 24.6 Å². The number of hydrogen-bond acceptors (Lipinski definition) is 4. The molecule has 98 valence electrons. The summed E-state index contributed by atoms with van der Waals surface area (Å²) in [6, 6.07) is 6.12. The Labute approximate surface area is 111 Å². The van der Waals surface area contributed by atoms with E-state index in [-0.39, 0.29) is 6.42 Å². The number of rotatable bonds is 4. The number of nitrogens with one attached hydrogen (secondary N) is 1. The highest BCUT2D eigenvalue weighted by Crippen LogP contribution is 2.26. The van der Waals surface area contributed by atoms with Crippen LogP contribution in [0, 0.1) is 0 Å². The van der Waals surface area contributed by atoms with Crippen LogP contribution in [0.3, 0.4) is 0 Å². The van der Waals surface area contributed by atoms with Crippen LogP contribution in [0.1, 0.15) is 5.56 Å². The van der Waals surface area contributed by atoms with Gasteiger partial charge in [-0.3, -0.25) is 4.90 Å². The molecule has 4 nitrogen and oxygen atoms in total. The molecule has 0 aliphatic rings. The normalized spacial score (nSPS) is 12.6. The highest BCUT2D eigenvalue weighted by molar-refractivity contribution is 7.98. The third-order valence-corrected chi connectivity index (χ3v) is 3.84. The van der Waals surface area contributed by atoms with Crippen molar-refractivity contribution < 1.29 is 10.2 Å². The average Bonchev–Trinajstić information content (AvgIpc) is 2.71. The molecule has 2 rings (SSSR count). The first-order valence-corrected chi connectivity index (χ1v) is 6.92. The van der Waals surface area contributed by atoms with Gasteiger partial charge >= 0.3 is 0 Å². The number of aromatic nitrogens is 1. The fourth-order valence-corrected chi connectivity index (χ4v) is 2.28. The molecule has 3 N–H and O–H groups in total. The van der Waals surface area contributed by atoms with Crippen molar-refractivity contribution in [2.24, 2.45) is 0 Å². The smallest absolute Gasteiger partial charge is 0.228 e. The number of thioether (sulfide) groups is 1. The van der Waals surface area contributed by atoms with Gasteiger partial charge < -0.3 is 15.2 Å². The number of aromatic amines is 1. The monoisotopic (exact) mass is 266 g/mol. The van der Waals surface area contributed by atoms with Gasteiger partial charge in [-0.2, -0.15) is 0 Å². The van der Waals surface area contributed by atoms with E-state index in [1.54, 1.807) is 25.9 Å². The van der Waals surface area contributed by atoms with Crippen LogP contribution in [-0.4, -0.2) is 46.4 Å². The molecular weight excluding hydrogens is 248 g/mol. The summed E-state index contributed by atoms with van der Waals surface area (Å²) in [6.45, 7) is 0. The lowest BCUT2D eigenvalue weighted by Gasteiger charge is -2.28. The lowest BCUT2D eigenvalue weighted by atomic mass is 10.1. The maximum atomic E-state index is 9.91. The Balaban J connectivity index is 2.39. The lowest BCUT2D eigenvalue weighted by Crippen LogP contribution is -2.45. The van der Waals surface area contributed by atoms with Gasteiger partial charge in [0.05, 0.1) is 0 Å². The zero-order valence-corrected chi connectivity index (χ0v) is 11.6.